The molecular weight excluding hydrogens is 260 g/mol. The molecule has 0 aromatic heterocycles. The van der Waals surface area contributed by atoms with Crippen molar-refractivity contribution < 1.29 is 4.79 Å². The highest BCUT2D eigenvalue weighted by Gasteiger charge is 2.31. The molecule has 1 atom stereocenters. The van der Waals surface area contributed by atoms with Crippen molar-refractivity contribution in [2.45, 2.75) is 52.5 Å². The average Bonchev–Trinajstić information content (AvgIpc) is 2.45. The molecule has 1 fully saturated rings. The Morgan fingerprint density at radius 1 is 1.33 bits per heavy atom. The highest BCUT2D eigenvalue weighted by atomic mass is 16.1. The first kappa shape index (κ1) is 16.0. The van der Waals surface area contributed by atoms with Crippen LogP contribution in [0, 0.1) is 5.41 Å². The Hall–Kier alpha value is -1.35. The number of carbonyl (C=O) groups excluding carboxylic acids is 1. The van der Waals surface area contributed by atoms with E-state index < -0.39 is 0 Å². The van der Waals surface area contributed by atoms with Crippen LogP contribution in [0.25, 0.3) is 0 Å². The lowest BCUT2D eigenvalue weighted by Gasteiger charge is -2.39. The average molecular weight is 288 g/mol. The first-order valence-electron chi connectivity index (χ1n) is 8.02. The van der Waals surface area contributed by atoms with E-state index in [-0.39, 0.29) is 11.3 Å². The minimum atomic E-state index is 0.0217. The van der Waals surface area contributed by atoms with Gasteiger partial charge in [-0.3, -0.25) is 4.79 Å². The van der Waals surface area contributed by atoms with Gasteiger partial charge in [-0.1, -0.05) is 39.8 Å². The van der Waals surface area contributed by atoms with Crippen LogP contribution in [0.5, 0.6) is 0 Å². The third-order valence-corrected chi connectivity index (χ3v) is 4.64. The van der Waals surface area contributed by atoms with E-state index in [1.807, 2.05) is 24.3 Å². The van der Waals surface area contributed by atoms with Crippen LogP contribution in [0.1, 0.15) is 62.4 Å². The van der Waals surface area contributed by atoms with E-state index in [4.69, 9.17) is 0 Å². The van der Waals surface area contributed by atoms with Gasteiger partial charge in [-0.2, -0.15) is 0 Å². The molecule has 0 saturated carbocycles. The molecular formula is C18H28N2O. The predicted octanol–water partition coefficient (Wildman–Crippen LogP) is 3.32. The summed E-state index contributed by atoms with van der Waals surface area (Å²) in [4.78, 5) is 12.2. The van der Waals surface area contributed by atoms with Gasteiger partial charge in [-0.05, 0) is 48.4 Å². The molecule has 1 saturated heterocycles. The molecule has 3 nitrogen and oxygen atoms in total. The fourth-order valence-electron chi connectivity index (χ4n) is 2.94. The van der Waals surface area contributed by atoms with E-state index >= 15 is 0 Å². The molecule has 1 aliphatic heterocycles. The Bertz CT molecular complexity index is 476. The van der Waals surface area contributed by atoms with Crippen molar-refractivity contribution in [3.8, 4) is 0 Å². The van der Waals surface area contributed by atoms with Crippen LogP contribution in [-0.4, -0.2) is 25.0 Å². The summed E-state index contributed by atoms with van der Waals surface area (Å²) in [6.07, 6.45) is 2.43. The molecule has 0 aliphatic carbocycles. The first-order valence-corrected chi connectivity index (χ1v) is 8.02. The predicted molar refractivity (Wildman–Crippen MR) is 87.7 cm³/mol. The van der Waals surface area contributed by atoms with Crippen molar-refractivity contribution in [3.05, 3.63) is 35.4 Å². The van der Waals surface area contributed by atoms with Crippen LogP contribution in [0.2, 0.25) is 0 Å². The highest BCUT2D eigenvalue weighted by Crippen LogP contribution is 2.29. The Kier molecular flexibility index (Phi) is 5.04. The van der Waals surface area contributed by atoms with Gasteiger partial charge >= 0.3 is 0 Å². The molecule has 1 aliphatic rings. The molecule has 2 rings (SSSR count). The second-order valence-electron chi connectivity index (χ2n) is 7.09. The van der Waals surface area contributed by atoms with E-state index in [9.17, 15) is 4.79 Å². The summed E-state index contributed by atoms with van der Waals surface area (Å²) in [5, 5.41) is 6.60. The molecule has 1 heterocycles. The maximum absolute atomic E-state index is 12.2. The summed E-state index contributed by atoms with van der Waals surface area (Å²) in [7, 11) is 0. The van der Waals surface area contributed by atoms with Crippen molar-refractivity contribution in [1.82, 2.24) is 10.6 Å². The monoisotopic (exact) mass is 288 g/mol. The topological polar surface area (TPSA) is 41.1 Å². The number of amides is 1. The fraction of sp³-hybridized carbons (Fsp3) is 0.611. The zero-order valence-corrected chi connectivity index (χ0v) is 13.7. The lowest BCUT2D eigenvalue weighted by atomic mass is 9.77. The van der Waals surface area contributed by atoms with E-state index in [1.54, 1.807) is 0 Å². The number of piperidine rings is 1. The molecule has 0 spiro atoms. The van der Waals surface area contributed by atoms with Crippen LogP contribution in [0.3, 0.4) is 0 Å². The van der Waals surface area contributed by atoms with Gasteiger partial charge < -0.3 is 10.6 Å². The van der Waals surface area contributed by atoms with Crippen LogP contribution in [0.15, 0.2) is 24.3 Å². The van der Waals surface area contributed by atoms with Gasteiger partial charge in [0.25, 0.3) is 5.91 Å². The zero-order chi connectivity index (χ0) is 15.5. The largest absolute Gasteiger partial charge is 0.350 e. The molecule has 116 valence electrons. The van der Waals surface area contributed by atoms with Gasteiger partial charge in [-0.15, -0.1) is 0 Å². The molecule has 0 bridgehead atoms. The molecule has 2 N–H and O–H groups in total. The molecule has 0 radical (unpaired) electrons. The SMILES string of the molecule is CC(C)c1ccc(C(=O)NCC2NCCCC2(C)C)cc1. The molecule has 1 amide bonds. The van der Waals surface area contributed by atoms with Crippen molar-refractivity contribution in [2.24, 2.45) is 5.41 Å². The number of hydrogen-bond acceptors (Lipinski definition) is 2. The normalized spacial score (nSPS) is 21.3. The second kappa shape index (κ2) is 6.61. The number of rotatable bonds is 4. The Morgan fingerprint density at radius 3 is 2.57 bits per heavy atom. The first-order chi connectivity index (χ1) is 9.90. The number of nitrogens with one attached hydrogen (secondary N) is 2. The molecule has 1 unspecified atom stereocenters. The summed E-state index contributed by atoms with van der Waals surface area (Å²) in [5.74, 6) is 0.517. The summed E-state index contributed by atoms with van der Waals surface area (Å²) in [5.41, 5.74) is 2.25. The minimum Gasteiger partial charge on any atom is -0.350 e. The third-order valence-electron chi connectivity index (χ3n) is 4.64. The maximum Gasteiger partial charge on any atom is 0.251 e. The van der Waals surface area contributed by atoms with Crippen LogP contribution in [0.4, 0.5) is 0 Å². The van der Waals surface area contributed by atoms with Gasteiger partial charge in [0.2, 0.25) is 0 Å². The van der Waals surface area contributed by atoms with E-state index in [1.165, 1.54) is 18.4 Å². The van der Waals surface area contributed by atoms with Gasteiger partial charge in [-0.25, -0.2) is 0 Å². The van der Waals surface area contributed by atoms with Crippen molar-refractivity contribution >= 4 is 5.91 Å². The van der Waals surface area contributed by atoms with Gasteiger partial charge in [0.05, 0.1) is 0 Å². The number of hydrogen-bond donors (Lipinski definition) is 2. The third kappa shape index (κ3) is 4.07. The van der Waals surface area contributed by atoms with Gasteiger partial charge in [0, 0.05) is 18.2 Å². The quantitative estimate of drug-likeness (QED) is 0.892. The second-order valence-corrected chi connectivity index (χ2v) is 7.09. The lowest BCUT2D eigenvalue weighted by Crippen LogP contribution is -2.52. The van der Waals surface area contributed by atoms with Crippen molar-refractivity contribution in [1.29, 1.82) is 0 Å². The summed E-state index contributed by atoms with van der Waals surface area (Å²) >= 11 is 0. The van der Waals surface area contributed by atoms with Crippen LogP contribution >= 0.6 is 0 Å². The highest BCUT2D eigenvalue weighted by molar-refractivity contribution is 5.94. The summed E-state index contributed by atoms with van der Waals surface area (Å²) in [6.45, 7) is 10.6. The Labute approximate surface area is 128 Å². The maximum atomic E-state index is 12.2. The Balaban J connectivity index is 1.92. The summed E-state index contributed by atoms with van der Waals surface area (Å²) in [6, 6.07) is 8.28. The number of benzene rings is 1. The fourth-order valence-corrected chi connectivity index (χ4v) is 2.94. The Morgan fingerprint density at radius 2 is 2.00 bits per heavy atom. The molecule has 1 aromatic rings. The number of carbonyl (C=O) groups is 1. The standard InChI is InChI=1S/C18H28N2O/c1-13(2)14-6-8-15(9-7-14)17(21)20-12-16-18(3,4)10-5-11-19-16/h6-9,13,16,19H,5,10-12H2,1-4H3,(H,20,21). The molecule has 21 heavy (non-hydrogen) atoms. The molecule has 3 heteroatoms. The molecule has 1 aromatic carbocycles. The van der Waals surface area contributed by atoms with E-state index in [2.05, 4.69) is 38.3 Å². The van der Waals surface area contributed by atoms with Gasteiger partial charge in [0.1, 0.15) is 0 Å². The van der Waals surface area contributed by atoms with E-state index in [0.717, 1.165) is 12.1 Å². The van der Waals surface area contributed by atoms with Crippen LogP contribution < -0.4 is 10.6 Å². The minimum absolute atomic E-state index is 0.0217. The van der Waals surface area contributed by atoms with Crippen molar-refractivity contribution in [3.63, 3.8) is 0 Å². The van der Waals surface area contributed by atoms with Crippen molar-refractivity contribution in [2.75, 3.05) is 13.1 Å². The zero-order valence-electron chi connectivity index (χ0n) is 13.7. The van der Waals surface area contributed by atoms with E-state index in [0.29, 0.717) is 18.5 Å². The lowest BCUT2D eigenvalue weighted by molar-refractivity contribution is 0.0929. The van der Waals surface area contributed by atoms with Gasteiger partial charge in [0.15, 0.2) is 0 Å². The smallest absolute Gasteiger partial charge is 0.251 e. The summed E-state index contributed by atoms with van der Waals surface area (Å²) < 4.78 is 0. The van der Waals surface area contributed by atoms with Crippen LogP contribution in [-0.2, 0) is 0 Å².